The van der Waals surface area contributed by atoms with Gasteiger partial charge in [-0.05, 0) is 50.2 Å². The highest BCUT2D eigenvalue weighted by Crippen LogP contribution is 2.23. The molecule has 1 rings (SSSR count). The number of carboxylic acids is 1. The lowest BCUT2D eigenvalue weighted by Crippen LogP contribution is -2.50. The molecular formula is C22H34N2O5. The van der Waals surface area contributed by atoms with Gasteiger partial charge in [0.25, 0.3) is 0 Å². The van der Waals surface area contributed by atoms with Gasteiger partial charge in [-0.25, -0.2) is 9.59 Å². The SMILES string of the molecule is CC(C)(C)N[C@@H](CCC(=O)O)C(=O)OC(=O)[C@@H](N)Cc1cccc(C(C)(C)C)c1. The average Bonchev–Trinajstić information content (AvgIpc) is 2.56. The van der Waals surface area contributed by atoms with Gasteiger partial charge in [0.2, 0.25) is 0 Å². The Morgan fingerprint density at radius 1 is 1.10 bits per heavy atom. The largest absolute Gasteiger partial charge is 0.481 e. The first-order valence-electron chi connectivity index (χ1n) is 9.79. The quantitative estimate of drug-likeness (QED) is 0.448. The fourth-order valence-corrected chi connectivity index (χ4v) is 2.79. The van der Waals surface area contributed by atoms with Crippen molar-refractivity contribution in [3.8, 4) is 0 Å². The molecule has 7 nitrogen and oxygen atoms in total. The smallest absolute Gasteiger partial charge is 0.330 e. The minimum atomic E-state index is -1.03. The third-order valence-electron chi connectivity index (χ3n) is 4.29. The summed E-state index contributed by atoms with van der Waals surface area (Å²) in [7, 11) is 0. The van der Waals surface area contributed by atoms with E-state index in [-0.39, 0.29) is 24.7 Å². The predicted octanol–water partition coefficient (Wildman–Crippen LogP) is 2.55. The predicted molar refractivity (Wildman–Crippen MR) is 111 cm³/mol. The van der Waals surface area contributed by atoms with Gasteiger partial charge in [0.15, 0.2) is 0 Å². The molecule has 0 aromatic heterocycles. The lowest BCUT2D eigenvalue weighted by molar-refractivity contribution is -0.162. The van der Waals surface area contributed by atoms with E-state index in [4.69, 9.17) is 15.6 Å². The fourth-order valence-electron chi connectivity index (χ4n) is 2.79. The Hall–Kier alpha value is -2.25. The molecule has 29 heavy (non-hydrogen) atoms. The summed E-state index contributed by atoms with van der Waals surface area (Å²) in [5.41, 5.74) is 7.47. The summed E-state index contributed by atoms with van der Waals surface area (Å²) in [6.45, 7) is 11.8. The molecule has 2 atom stereocenters. The number of benzene rings is 1. The van der Waals surface area contributed by atoms with Crippen molar-refractivity contribution >= 4 is 17.9 Å². The number of esters is 2. The number of nitrogens with one attached hydrogen (secondary N) is 1. The summed E-state index contributed by atoms with van der Waals surface area (Å²) in [6, 6.07) is 5.89. The van der Waals surface area contributed by atoms with Crippen molar-refractivity contribution < 1.29 is 24.2 Å². The number of ether oxygens (including phenoxy) is 1. The normalized spacial score (nSPS) is 14.2. The lowest BCUT2D eigenvalue weighted by Gasteiger charge is -2.27. The molecule has 7 heteroatoms. The minimum absolute atomic E-state index is 0.0155. The van der Waals surface area contributed by atoms with Gasteiger partial charge in [0, 0.05) is 12.0 Å². The van der Waals surface area contributed by atoms with E-state index in [2.05, 4.69) is 26.1 Å². The van der Waals surface area contributed by atoms with Crippen molar-refractivity contribution in [3.63, 3.8) is 0 Å². The second-order valence-corrected chi connectivity index (χ2v) is 9.38. The Bertz CT molecular complexity index is 731. The van der Waals surface area contributed by atoms with Crippen molar-refractivity contribution in [2.75, 3.05) is 0 Å². The third-order valence-corrected chi connectivity index (χ3v) is 4.29. The molecule has 0 aliphatic rings. The van der Waals surface area contributed by atoms with Crippen LogP contribution >= 0.6 is 0 Å². The first-order valence-corrected chi connectivity index (χ1v) is 9.79. The number of carbonyl (C=O) groups excluding carboxylic acids is 2. The van der Waals surface area contributed by atoms with E-state index in [0.29, 0.717) is 0 Å². The van der Waals surface area contributed by atoms with Crippen LogP contribution in [0.1, 0.15) is 65.5 Å². The third kappa shape index (κ3) is 9.19. The molecule has 0 bridgehead atoms. The van der Waals surface area contributed by atoms with Crippen molar-refractivity contribution in [2.24, 2.45) is 5.73 Å². The zero-order valence-electron chi connectivity index (χ0n) is 18.2. The van der Waals surface area contributed by atoms with Crippen LogP contribution in [0.25, 0.3) is 0 Å². The minimum Gasteiger partial charge on any atom is -0.481 e. The maximum atomic E-state index is 12.4. The number of nitrogens with two attached hydrogens (primary N) is 1. The zero-order valence-corrected chi connectivity index (χ0v) is 18.2. The molecular weight excluding hydrogens is 372 g/mol. The van der Waals surface area contributed by atoms with Crippen molar-refractivity contribution in [1.29, 1.82) is 0 Å². The maximum absolute atomic E-state index is 12.4. The highest BCUT2D eigenvalue weighted by atomic mass is 16.6. The standard InChI is InChI=1S/C22H34N2O5/c1-21(2,3)15-9-7-8-14(12-15)13-16(23)19(27)29-20(28)17(10-11-18(25)26)24-22(4,5)6/h7-9,12,16-17,24H,10-11,13,23H2,1-6H3,(H,25,26)/t16-,17-/m0/s1. The summed E-state index contributed by atoms with van der Waals surface area (Å²) in [4.78, 5) is 35.6. The Balaban J connectivity index is 2.78. The molecule has 0 fully saturated rings. The molecule has 0 aliphatic heterocycles. The Morgan fingerprint density at radius 2 is 1.72 bits per heavy atom. The van der Waals surface area contributed by atoms with E-state index in [9.17, 15) is 14.4 Å². The van der Waals surface area contributed by atoms with Crippen LogP contribution in [0.5, 0.6) is 0 Å². The molecule has 4 N–H and O–H groups in total. The van der Waals surface area contributed by atoms with E-state index in [1.54, 1.807) is 0 Å². The topological polar surface area (TPSA) is 119 Å². The molecule has 0 amide bonds. The van der Waals surface area contributed by atoms with Gasteiger partial charge in [0.05, 0.1) is 0 Å². The Labute approximate surface area is 173 Å². The molecule has 162 valence electrons. The van der Waals surface area contributed by atoms with E-state index in [1.807, 2.05) is 45.0 Å². The molecule has 1 aromatic rings. The van der Waals surface area contributed by atoms with E-state index < -0.39 is 35.5 Å². The van der Waals surface area contributed by atoms with Crippen LogP contribution < -0.4 is 11.1 Å². The van der Waals surface area contributed by atoms with Crippen LogP contribution in [-0.2, 0) is 31.0 Å². The molecule has 0 unspecified atom stereocenters. The molecule has 0 heterocycles. The highest BCUT2D eigenvalue weighted by Gasteiger charge is 2.29. The van der Waals surface area contributed by atoms with Crippen molar-refractivity contribution in [1.82, 2.24) is 5.32 Å². The van der Waals surface area contributed by atoms with Crippen LogP contribution in [-0.4, -0.2) is 40.6 Å². The summed E-state index contributed by atoms with van der Waals surface area (Å²) in [5, 5.41) is 11.9. The number of carbonyl (C=O) groups is 3. The number of hydrogen-bond acceptors (Lipinski definition) is 6. The van der Waals surface area contributed by atoms with Gasteiger partial charge < -0.3 is 15.6 Å². The molecule has 0 saturated carbocycles. The molecule has 0 saturated heterocycles. The lowest BCUT2D eigenvalue weighted by atomic mass is 9.85. The molecule has 0 radical (unpaired) electrons. The molecule has 0 aliphatic carbocycles. The van der Waals surface area contributed by atoms with E-state index >= 15 is 0 Å². The van der Waals surface area contributed by atoms with Gasteiger partial charge in [-0.3, -0.25) is 10.1 Å². The average molecular weight is 407 g/mol. The Kier molecular flexibility index (Phi) is 8.53. The van der Waals surface area contributed by atoms with Gasteiger partial charge in [-0.1, -0.05) is 45.0 Å². The van der Waals surface area contributed by atoms with Crippen molar-refractivity contribution in [2.45, 2.75) is 83.8 Å². The highest BCUT2D eigenvalue weighted by molar-refractivity contribution is 5.91. The number of hydrogen-bond donors (Lipinski definition) is 3. The van der Waals surface area contributed by atoms with Gasteiger partial charge >= 0.3 is 17.9 Å². The summed E-state index contributed by atoms with van der Waals surface area (Å²) >= 11 is 0. The number of carboxylic acid groups (broad SMARTS) is 1. The van der Waals surface area contributed by atoms with Crippen LogP contribution in [0.3, 0.4) is 0 Å². The monoisotopic (exact) mass is 406 g/mol. The van der Waals surface area contributed by atoms with Crippen LogP contribution in [0.15, 0.2) is 24.3 Å². The summed E-state index contributed by atoms with van der Waals surface area (Å²) in [6.07, 6.45) is 0.0345. The van der Waals surface area contributed by atoms with E-state index in [0.717, 1.165) is 11.1 Å². The zero-order chi connectivity index (χ0) is 22.4. The second-order valence-electron chi connectivity index (χ2n) is 9.38. The van der Waals surface area contributed by atoms with Gasteiger partial charge in [-0.15, -0.1) is 0 Å². The number of aliphatic carboxylic acids is 1. The number of rotatable bonds is 8. The Morgan fingerprint density at radius 3 is 2.24 bits per heavy atom. The first kappa shape index (κ1) is 24.8. The van der Waals surface area contributed by atoms with Gasteiger partial charge in [-0.2, -0.15) is 0 Å². The van der Waals surface area contributed by atoms with Crippen molar-refractivity contribution in [3.05, 3.63) is 35.4 Å². The van der Waals surface area contributed by atoms with Crippen LogP contribution in [0, 0.1) is 0 Å². The molecule has 1 aromatic carbocycles. The van der Waals surface area contributed by atoms with E-state index in [1.165, 1.54) is 0 Å². The fraction of sp³-hybridized carbons (Fsp3) is 0.591. The summed E-state index contributed by atoms with van der Waals surface area (Å²) < 4.78 is 4.96. The summed E-state index contributed by atoms with van der Waals surface area (Å²) in [5.74, 6) is -2.67. The maximum Gasteiger partial charge on any atom is 0.330 e. The van der Waals surface area contributed by atoms with Crippen LogP contribution in [0.4, 0.5) is 0 Å². The van der Waals surface area contributed by atoms with Crippen LogP contribution in [0.2, 0.25) is 0 Å². The molecule has 0 spiro atoms. The second kappa shape index (κ2) is 9.98. The van der Waals surface area contributed by atoms with Gasteiger partial charge in [0.1, 0.15) is 12.1 Å². The first-order chi connectivity index (χ1) is 13.2.